The highest BCUT2D eigenvalue weighted by Crippen LogP contribution is 2.36. The Bertz CT molecular complexity index is 273. The van der Waals surface area contributed by atoms with E-state index >= 15 is 0 Å². The van der Waals surface area contributed by atoms with Gasteiger partial charge in [-0.1, -0.05) is 34.8 Å². The molecule has 7 heteroatoms. The maximum Gasteiger partial charge on any atom is 0.359 e. The molecular formula is C10H15Cl3O4. The van der Waals surface area contributed by atoms with E-state index in [-0.39, 0.29) is 0 Å². The van der Waals surface area contributed by atoms with Crippen LogP contribution in [0, 0.1) is 0 Å². The average Bonchev–Trinajstić information content (AvgIpc) is 2.29. The van der Waals surface area contributed by atoms with Gasteiger partial charge in [-0.2, -0.15) is 0 Å². The van der Waals surface area contributed by atoms with Gasteiger partial charge in [-0.15, -0.1) is 0 Å². The van der Waals surface area contributed by atoms with E-state index in [1.807, 2.05) is 0 Å². The van der Waals surface area contributed by atoms with Crippen LogP contribution in [0.15, 0.2) is 0 Å². The first kappa shape index (κ1) is 15.3. The third-order valence-corrected chi connectivity index (χ3v) is 3.37. The van der Waals surface area contributed by atoms with Crippen molar-refractivity contribution in [3.05, 3.63) is 0 Å². The Morgan fingerprint density at radius 3 is 2.29 bits per heavy atom. The van der Waals surface area contributed by atoms with Gasteiger partial charge in [-0.05, 0) is 19.3 Å². The second-order valence-electron chi connectivity index (χ2n) is 3.86. The van der Waals surface area contributed by atoms with E-state index in [1.54, 1.807) is 0 Å². The zero-order valence-electron chi connectivity index (χ0n) is 9.67. The predicted molar refractivity (Wildman–Crippen MR) is 65.4 cm³/mol. The molecule has 0 spiro atoms. The van der Waals surface area contributed by atoms with Gasteiger partial charge in [0.05, 0.1) is 0 Å². The molecule has 1 rings (SSSR count). The number of alkyl halides is 3. The fraction of sp³-hybridized carbons (Fsp3) is 0.900. The Morgan fingerprint density at radius 1 is 1.24 bits per heavy atom. The largest absolute Gasteiger partial charge is 0.453 e. The van der Waals surface area contributed by atoms with E-state index in [0.29, 0.717) is 12.8 Å². The molecule has 0 bridgehead atoms. The SMILES string of the molecule is COC1(OC)CCCCC1OC(=O)C(Cl)(Cl)Cl. The molecule has 0 radical (unpaired) electrons. The van der Waals surface area contributed by atoms with Crippen LogP contribution in [0.2, 0.25) is 0 Å². The highest BCUT2D eigenvalue weighted by molar-refractivity contribution is 6.75. The molecule has 100 valence electrons. The zero-order valence-corrected chi connectivity index (χ0v) is 11.9. The number of methoxy groups -OCH3 is 2. The van der Waals surface area contributed by atoms with Crippen LogP contribution in [0.3, 0.4) is 0 Å². The second-order valence-corrected chi connectivity index (χ2v) is 6.14. The van der Waals surface area contributed by atoms with Crippen molar-refractivity contribution in [2.45, 2.75) is 41.4 Å². The lowest BCUT2D eigenvalue weighted by molar-refractivity contribution is -0.277. The molecule has 1 atom stereocenters. The van der Waals surface area contributed by atoms with E-state index in [1.165, 1.54) is 14.2 Å². The third-order valence-electron chi connectivity index (χ3n) is 2.90. The van der Waals surface area contributed by atoms with E-state index < -0.39 is 21.7 Å². The van der Waals surface area contributed by atoms with Gasteiger partial charge in [0.15, 0.2) is 6.10 Å². The van der Waals surface area contributed by atoms with Gasteiger partial charge in [0, 0.05) is 20.6 Å². The molecule has 0 amide bonds. The minimum Gasteiger partial charge on any atom is -0.453 e. The summed E-state index contributed by atoms with van der Waals surface area (Å²) in [4.78, 5) is 11.5. The van der Waals surface area contributed by atoms with Crippen LogP contribution in [0.1, 0.15) is 25.7 Å². The van der Waals surface area contributed by atoms with E-state index in [0.717, 1.165) is 12.8 Å². The molecule has 1 saturated carbocycles. The average molecular weight is 306 g/mol. The first-order chi connectivity index (χ1) is 7.85. The molecule has 0 aliphatic heterocycles. The Hall–Kier alpha value is 0.260. The molecule has 0 N–H and O–H groups in total. The number of ether oxygens (including phenoxy) is 3. The highest BCUT2D eigenvalue weighted by Gasteiger charge is 2.46. The fourth-order valence-corrected chi connectivity index (χ4v) is 2.11. The molecule has 0 aromatic heterocycles. The van der Waals surface area contributed by atoms with Crippen molar-refractivity contribution >= 4 is 40.8 Å². The summed E-state index contributed by atoms with van der Waals surface area (Å²) in [7, 11) is 3.01. The molecule has 0 heterocycles. The summed E-state index contributed by atoms with van der Waals surface area (Å²) < 4.78 is 13.7. The van der Waals surface area contributed by atoms with Gasteiger partial charge in [0.2, 0.25) is 5.79 Å². The number of hydrogen-bond acceptors (Lipinski definition) is 4. The Kier molecular flexibility index (Phi) is 5.35. The molecule has 17 heavy (non-hydrogen) atoms. The summed E-state index contributed by atoms with van der Waals surface area (Å²) in [6.07, 6.45) is 2.54. The van der Waals surface area contributed by atoms with Gasteiger partial charge >= 0.3 is 5.97 Å². The van der Waals surface area contributed by atoms with Crippen molar-refractivity contribution < 1.29 is 19.0 Å². The molecule has 4 nitrogen and oxygen atoms in total. The molecule has 0 aromatic carbocycles. The topological polar surface area (TPSA) is 44.8 Å². The number of esters is 1. The van der Waals surface area contributed by atoms with Crippen molar-refractivity contribution in [3.8, 4) is 0 Å². The summed E-state index contributed by atoms with van der Waals surface area (Å²) in [6.45, 7) is 0. The van der Waals surface area contributed by atoms with Crippen LogP contribution in [0.4, 0.5) is 0 Å². The van der Waals surface area contributed by atoms with Crippen molar-refractivity contribution in [1.29, 1.82) is 0 Å². The molecule has 1 aliphatic rings. The number of carbonyl (C=O) groups is 1. The normalized spacial score (nSPS) is 24.4. The molecule has 1 unspecified atom stereocenters. The minimum absolute atomic E-state index is 0.561. The predicted octanol–water partition coefficient (Wildman–Crippen LogP) is 2.83. The van der Waals surface area contributed by atoms with Crippen molar-refractivity contribution in [1.82, 2.24) is 0 Å². The van der Waals surface area contributed by atoms with Crippen LogP contribution in [-0.2, 0) is 19.0 Å². The Balaban J connectivity index is 2.76. The van der Waals surface area contributed by atoms with Crippen molar-refractivity contribution in [2.24, 2.45) is 0 Å². The first-order valence-corrected chi connectivity index (χ1v) is 6.37. The van der Waals surface area contributed by atoms with Crippen LogP contribution < -0.4 is 0 Å². The first-order valence-electron chi connectivity index (χ1n) is 5.24. The summed E-state index contributed by atoms with van der Waals surface area (Å²) in [6, 6.07) is 0. The summed E-state index contributed by atoms with van der Waals surface area (Å²) in [5, 5.41) is 0. The summed E-state index contributed by atoms with van der Waals surface area (Å²) >= 11 is 16.4. The van der Waals surface area contributed by atoms with Gasteiger partial charge in [-0.3, -0.25) is 0 Å². The van der Waals surface area contributed by atoms with E-state index in [9.17, 15) is 4.79 Å². The van der Waals surface area contributed by atoms with Crippen molar-refractivity contribution in [3.63, 3.8) is 0 Å². The van der Waals surface area contributed by atoms with Crippen LogP contribution in [0.25, 0.3) is 0 Å². The Labute approximate surface area is 115 Å². The smallest absolute Gasteiger partial charge is 0.359 e. The maximum absolute atomic E-state index is 11.5. The maximum atomic E-state index is 11.5. The van der Waals surface area contributed by atoms with Crippen molar-refractivity contribution in [2.75, 3.05) is 14.2 Å². The third kappa shape index (κ3) is 3.61. The summed E-state index contributed by atoms with van der Waals surface area (Å²) in [5.74, 6) is -1.85. The number of rotatable bonds is 3. The minimum atomic E-state index is -2.08. The second kappa shape index (κ2) is 5.93. The standard InChI is InChI=1S/C10H15Cl3O4/c1-15-9(16-2)6-4-3-5-7(9)17-8(14)10(11,12)13/h7H,3-6H2,1-2H3. The zero-order chi connectivity index (χ0) is 13.1. The Morgan fingerprint density at radius 2 is 1.82 bits per heavy atom. The van der Waals surface area contributed by atoms with Crippen LogP contribution in [0.5, 0.6) is 0 Å². The van der Waals surface area contributed by atoms with E-state index in [4.69, 9.17) is 49.0 Å². The molecular weight excluding hydrogens is 290 g/mol. The van der Waals surface area contributed by atoms with Crippen LogP contribution >= 0.6 is 34.8 Å². The molecule has 0 aromatic rings. The molecule has 1 aliphatic carbocycles. The molecule has 1 fully saturated rings. The van der Waals surface area contributed by atoms with Gasteiger partial charge < -0.3 is 14.2 Å². The summed E-state index contributed by atoms with van der Waals surface area (Å²) in [5.41, 5.74) is 0. The monoisotopic (exact) mass is 304 g/mol. The van der Waals surface area contributed by atoms with Crippen LogP contribution in [-0.4, -0.2) is 35.9 Å². The van der Waals surface area contributed by atoms with Gasteiger partial charge in [-0.25, -0.2) is 4.79 Å². The number of halogens is 3. The van der Waals surface area contributed by atoms with E-state index in [2.05, 4.69) is 0 Å². The highest BCUT2D eigenvalue weighted by atomic mass is 35.6. The number of hydrogen-bond donors (Lipinski definition) is 0. The van der Waals surface area contributed by atoms with Gasteiger partial charge in [0.1, 0.15) is 0 Å². The lowest BCUT2D eigenvalue weighted by Gasteiger charge is -2.40. The quantitative estimate of drug-likeness (QED) is 0.457. The fourth-order valence-electron chi connectivity index (χ4n) is 1.98. The van der Waals surface area contributed by atoms with Gasteiger partial charge in [0.25, 0.3) is 3.79 Å². The lowest BCUT2D eigenvalue weighted by Crippen LogP contribution is -2.51. The molecule has 0 saturated heterocycles. The lowest BCUT2D eigenvalue weighted by atomic mass is 9.91. The number of carbonyl (C=O) groups excluding carboxylic acids is 1.